The van der Waals surface area contributed by atoms with Gasteiger partial charge in [0.05, 0.1) is 23.1 Å². The Balaban J connectivity index is 1.89. The summed E-state index contributed by atoms with van der Waals surface area (Å²) in [6.45, 7) is 12.9. The highest BCUT2D eigenvalue weighted by Crippen LogP contribution is 2.43. The van der Waals surface area contributed by atoms with Crippen LogP contribution in [0.5, 0.6) is 0 Å². The number of nitrogens with zero attached hydrogens (tertiary/aromatic N) is 2. The molecule has 0 saturated carbocycles. The Morgan fingerprint density at radius 2 is 1.57 bits per heavy atom. The van der Waals surface area contributed by atoms with E-state index >= 15 is 0 Å². The molecule has 0 saturated heterocycles. The summed E-state index contributed by atoms with van der Waals surface area (Å²) in [5.74, 6) is -0.757. The number of aromatic carboxylic acids is 1. The molecule has 1 N–H and O–H groups in total. The van der Waals surface area contributed by atoms with E-state index in [1.165, 1.54) is 0 Å². The van der Waals surface area contributed by atoms with Crippen molar-refractivity contribution in [3.63, 3.8) is 0 Å². The van der Waals surface area contributed by atoms with E-state index in [4.69, 9.17) is 15.1 Å². The van der Waals surface area contributed by atoms with Crippen LogP contribution >= 0.6 is 0 Å². The first-order chi connectivity index (χ1) is 13.9. The third kappa shape index (κ3) is 4.30. The van der Waals surface area contributed by atoms with Gasteiger partial charge >= 0.3 is 5.97 Å². The molecule has 0 amide bonds. The van der Waals surface area contributed by atoms with Crippen molar-refractivity contribution >= 4 is 11.8 Å². The minimum absolute atomic E-state index is 0.0115. The molecule has 160 valence electrons. The van der Waals surface area contributed by atoms with Gasteiger partial charge < -0.3 is 5.11 Å². The Hall–Kier alpha value is -2.56. The number of carboxylic acid groups (broad SMARTS) is 1. The first kappa shape index (κ1) is 22.1. The Kier molecular flexibility index (Phi) is 5.85. The summed E-state index contributed by atoms with van der Waals surface area (Å²) in [5, 5.41) is 9.12. The SMILES string of the molecule is CC(C)C(CC(=O)c1cnc2c(n1)C(C)(C)CCC2(C)C)c1ccc(C(=O)O)cc1. The molecule has 0 fully saturated rings. The molecule has 0 spiro atoms. The van der Waals surface area contributed by atoms with Gasteiger partial charge in [-0.1, -0.05) is 53.7 Å². The zero-order chi connectivity index (χ0) is 22.3. The lowest BCUT2D eigenvalue weighted by Crippen LogP contribution is -2.36. The molecule has 1 unspecified atom stereocenters. The van der Waals surface area contributed by atoms with Crippen LogP contribution in [0, 0.1) is 5.92 Å². The molecule has 5 heteroatoms. The molecule has 1 aliphatic carbocycles. The molecule has 3 rings (SSSR count). The average molecular weight is 409 g/mol. The van der Waals surface area contributed by atoms with Crippen molar-refractivity contribution in [2.45, 2.75) is 77.6 Å². The number of carbonyl (C=O) groups is 2. The van der Waals surface area contributed by atoms with Crippen LogP contribution < -0.4 is 0 Å². The van der Waals surface area contributed by atoms with Gasteiger partial charge in [0.15, 0.2) is 5.78 Å². The van der Waals surface area contributed by atoms with Gasteiger partial charge in [-0.2, -0.15) is 0 Å². The minimum Gasteiger partial charge on any atom is -0.478 e. The first-order valence-electron chi connectivity index (χ1n) is 10.7. The van der Waals surface area contributed by atoms with Crippen molar-refractivity contribution in [1.29, 1.82) is 0 Å². The number of hydrogen-bond acceptors (Lipinski definition) is 4. The van der Waals surface area contributed by atoms with E-state index in [1.807, 2.05) is 12.1 Å². The van der Waals surface area contributed by atoms with E-state index in [9.17, 15) is 9.59 Å². The topological polar surface area (TPSA) is 80.2 Å². The van der Waals surface area contributed by atoms with Crippen molar-refractivity contribution in [2.75, 3.05) is 0 Å². The lowest BCUT2D eigenvalue weighted by Gasteiger charge is -2.39. The van der Waals surface area contributed by atoms with E-state index < -0.39 is 5.97 Å². The van der Waals surface area contributed by atoms with Crippen LogP contribution in [-0.4, -0.2) is 26.8 Å². The third-order valence-corrected chi connectivity index (χ3v) is 6.51. The zero-order valence-corrected chi connectivity index (χ0v) is 18.8. The zero-order valence-electron chi connectivity index (χ0n) is 18.8. The van der Waals surface area contributed by atoms with Crippen LogP contribution in [0.4, 0.5) is 0 Å². The number of hydrogen-bond donors (Lipinski definition) is 1. The summed E-state index contributed by atoms with van der Waals surface area (Å²) in [4.78, 5) is 33.8. The summed E-state index contributed by atoms with van der Waals surface area (Å²) in [6.07, 6.45) is 4.03. The fraction of sp³-hybridized carbons (Fsp3) is 0.520. The van der Waals surface area contributed by atoms with E-state index in [0.29, 0.717) is 12.1 Å². The van der Waals surface area contributed by atoms with Gasteiger partial charge in [0.1, 0.15) is 5.69 Å². The molecule has 2 aromatic rings. The fourth-order valence-electron chi connectivity index (χ4n) is 4.27. The smallest absolute Gasteiger partial charge is 0.335 e. The molecule has 1 aliphatic rings. The lowest BCUT2D eigenvalue weighted by atomic mass is 9.67. The molecule has 0 bridgehead atoms. The molecule has 30 heavy (non-hydrogen) atoms. The number of ketones is 1. The molecular weight excluding hydrogens is 376 g/mol. The van der Waals surface area contributed by atoms with Crippen LogP contribution in [0.1, 0.15) is 105 Å². The Labute approximate surface area is 179 Å². The number of aromatic nitrogens is 2. The monoisotopic (exact) mass is 408 g/mol. The van der Waals surface area contributed by atoms with Gasteiger partial charge in [0, 0.05) is 17.3 Å². The van der Waals surface area contributed by atoms with E-state index in [-0.39, 0.29) is 34.0 Å². The number of benzene rings is 1. The highest BCUT2D eigenvalue weighted by molar-refractivity contribution is 5.94. The van der Waals surface area contributed by atoms with Gasteiger partial charge in [0.2, 0.25) is 0 Å². The summed E-state index contributed by atoms with van der Waals surface area (Å²) >= 11 is 0. The van der Waals surface area contributed by atoms with Crippen LogP contribution in [0.15, 0.2) is 30.5 Å². The van der Waals surface area contributed by atoms with Gasteiger partial charge in [0.25, 0.3) is 0 Å². The van der Waals surface area contributed by atoms with Crippen molar-refractivity contribution in [3.05, 3.63) is 58.7 Å². The standard InChI is InChI=1S/C25H32N2O3/c1-15(2)18(16-7-9-17(10-8-16)23(29)30)13-20(28)19-14-26-21-22(27-19)25(5,6)12-11-24(21,3)4/h7-10,14-15,18H,11-13H2,1-6H3,(H,29,30). The fourth-order valence-corrected chi connectivity index (χ4v) is 4.27. The van der Waals surface area contributed by atoms with Gasteiger partial charge in [-0.15, -0.1) is 0 Å². The second kappa shape index (κ2) is 7.93. The normalized spacial score (nSPS) is 18.0. The summed E-state index contributed by atoms with van der Waals surface area (Å²) < 4.78 is 0. The second-order valence-electron chi connectivity index (χ2n) is 10.1. The number of fused-ring (bicyclic) bond motifs is 1. The van der Waals surface area contributed by atoms with Crippen molar-refractivity contribution in [2.24, 2.45) is 5.92 Å². The third-order valence-electron chi connectivity index (χ3n) is 6.51. The van der Waals surface area contributed by atoms with E-state index in [0.717, 1.165) is 29.8 Å². The van der Waals surface area contributed by atoms with Crippen LogP contribution in [0.2, 0.25) is 0 Å². The Morgan fingerprint density at radius 3 is 2.10 bits per heavy atom. The van der Waals surface area contributed by atoms with Gasteiger partial charge in [-0.05, 0) is 42.4 Å². The summed E-state index contributed by atoms with van der Waals surface area (Å²) in [5.41, 5.74) is 3.45. The minimum atomic E-state index is -0.950. The predicted molar refractivity (Wildman–Crippen MR) is 117 cm³/mol. The van der Waals surface area contributed by atoms with Gasteiger partial charge in [-0.3, -0.25) is 9.78 Å². The lowest BCUT2D eigenvalue weighted by molar-refractivity contribution is 0.0696. The number of Topliss-reactive ketones (excluding diaryl/α,β-unsaturated/α-hetero) is 1. The molecule has 5 nitrogen and oxygen atoms in total. The number of carbonyl (C=O) groups excluding carboxylic acids is 1. The first-order valence-corrected chi connectivity index (χ1v) is 10.7. The number of rotatable bonds is 6. The van der Waals surface area contributed by atoms with Crippen LogP contribution in [-0.2, 0) is 10.8 Å². The van der Waals surface area contributed by atoms with Crippen molar-refractivity contribution < 1.29 is 14.7 Å². The van der Waals surface area contributed by atoms with Crippen molar-refractivity contribution in [1.82, 2.24) is 9.97 Å². The molecule has 0 aliphatic heterocycles. The highest BCUT2D eigenvalue weighted by atomic mass is 16.4. The van der Waals surface area contributed by atoms with Gasteiger partial charge in [-0.25, -0.2) is 9.78 Å². The van der Waals surface area contributed by atoms with Crippen LogP contribution in [0.3, 0.4) is 0 Å². The van der Waals surface area contributed by atoms with Crippen LogP contribution in [0.25, 0.3) is 0 Å². The maximum Gasteiger partial charge on any atom is 0.335 e. The molecule has 0 radical (unpaired) electrons. The van der Waals surface area contributed by atoms with E-state index in [1.54, 1.807) is 18.3 Å². The maximum atomic E-state index is 13.2. The molecule has 1 aromatic heterocycles. The molecule has 1 aromatic carbocycles. The summed E-state index contributed by atoms with van der Waals surface area (Å²) in [7, 11) is 0. The van der Waals surface area contributed by atoms with Crippen molar-refractivity contribution in [3.8, 4) is 0 Å². The Bertz CT molecular complexity index is 959. The molecule has 1 heterocycles. The average Bonchev–Trinajstić information content (AvgIpc) is 2.69. The summed E-state index contributed by atoms with van der Waals surface area (Å²) in [6, 6.07) is 6.82. The highest BCUT2D eigenvalue weighted by Gasteiger charge is 2.40. The van der Waals surface area contributed by atoms with E-state index in [2.05, 4.69) is 41.5 Å². The Morgan fingerprint density at radius 1 is 1.00 bits per heavy atom. The number of carboxylic acids is 1. The molecule has 1 atom stereocenters. The predicted octanol–water partition coefficient (Wildman–Crippen LogP) is 5.54. The second-order valence-corrected chi connectivity index (χ2v) is 10.1. The quantitative estimate of drug-likeness (QED) is 0.635. The maximum absolute atomic E-state index is 13.2. The largest absolute Gasteiger partial charge is 0.478 e. The molecular formula is C25H32N2O3.